The molecule has 0 aliphatic rings. The molecule has 0 radical (unpaired) electrons. The summed E-state index contributed by atoms with van der Waals surface area (Å²) >= 11 is 0. The number of pyridine rings is 1. The largest absolute Gasteiger partial charge is 0.292 e. The van der Waals surface area contributed by atoms with Crippen LogP contribution in [-0.4, -0.2) is 9.38 Å². The van der Waals surface area contributed by atoms with Gasteiger partial charge in [-0.1, -0.05) is 115 Å². The number of aromatic nitrogens is 2. The zero-order chi connectivity index (χ0) is 26.9. The van der Waals surface area contributed by atoms with E-state index in [1.165, 1.54) is 65.5 Å². The highest BCUT2D eigenvalue weighted by atomic mass is 15.0. The molecular formula is C39H24N2. The quantitative estimate of drug-likeness (QED) is 0.207. The zero-order valence-electron chi connectivity index (χ0n) is 22.3. The minimum absolute atomic E-state index is 1.00. The Kier molecular flexibility index (Phi) is 4.64. The van der Waals surface area contributed by atoms with Crippen molar-refractivity contribution in [1.29, 1.82) is 0 Å². The molecule has 0 saturated carbocycles. The molecular weight excluding hydrogens is 496 g/mol. The molecule has 2 nitrogen and oxygen atoms in total. The van der Waals surface area contributed by atoms with Gasteiger partial charge in [-0.25, -0.2) is 4.98 Å². The summed E-state index contributed by atoms with van der Waals surface area (Å²) in [6, 6.07) is 52.6. The molecule has 0 aliphatic carbocycles. The number of imidazole rings is 1. The number of hydrogen-bond acceptors (Lipinski definition) is 1. The Hall–Kier alpha value is -5.47. The summed E-state index contributed by atoms with van der Waals surface area (Å²) < 4.78 is 2.34. The fourth-order valence-electron chi connectivity index (χ4n) is 6.53. The molecule has 0 N–H and O–H groups in total. The van der Waals surface area contributed by atoms with Crippen LogP contribution in [-0.2, 0) is 0 Å². The Balaban J connectivity index is 1.28. The molecule has 41 heavy (non-hydrogen) atoms. The second-order valence-electron chi connectivity index (χ2n) is 10.8. The van der Waals surface area contributed by atoms with Gasteiger partial charge in [0.1, 0.15) is 5.65 Å². The van der Waals surface area contributed by atoms with E-state index in [1.54, 1.807) is 0 Å². The summed E-state index contributed by atoms with van der Waals surface area (Å²) in [4.78, 5) is 5.13. The van der Waals surface area contributed by atoms with Gasteiger partial charge in [0.2, 0.25) is 0 Å². The summed E-state index contributed by atoms with van der Waals surface area (Å²) in [7, 11) is 0. The van der Waals surface area contributed by atoms with Crippen LogP contribution in [0.3, 0.4) is 0 Å². The molecule has 2 aromatic heterocycles. The van der Waals surface area contributed by atoms with E-state index in [-0.39, 0.29) is 0 Å². The molecule has 0 saturated heterocycles. The maximum atomic E-state index is 5.13. The Bertz CT molecular complexity index is 2460. The molecule has 0 unspecified atom stereocenters. The highest BCUT2D eigenvalue weighted by Crippen LogP contribution is 2.38. The standard InChI is InChI=1S/C39H24N2/c1-2-9-29-23-30(18-17-25(29)7-1)26-13-15-27(16-14-26)31-20-21-33-37(24-31)41-36-12-6-5-11-35(36)40-39(41)34-22-19-28-8-3-4-10-32(28)38(33)34/h1-24H. The lowest BCUT2D eigenvalue weighted by Gasteiger charge is -2.13. The predicted octanol–water partition coefficient (Wildman–Crippen LogP) is 10.4. The van der Waals surface area contributed by atoms with Gasteiger partial charge in [0.25, 0.3) is 0 Å². The van der Waals surface area contributed by atoms with Crippen LogP contribution >= 0.6 is 0 Å². The van der Waals surface area contributed by atoms with Gasteiger partial charge in [-0.3, -0.25) is 4.40 Å². The Labute approximate surface area is 236 Å². The van der Waals surface area contributed by atoms with Crippen molar-refractivity contribution in [2.75, 3.05) is 0 Å². The number of nitrogens with zero attached hydrogens (tertiary/aromatic N) is 2. The molecule has 0 fully saturated rings. The van der Waals surface area contributed by atoms with Crippen LogP contribution in [0.1, 0.15) is 0 Å². The number of fused-ring (bicyclic) bond motifs is 11. The molecule has 0 aliphatic heterocycles. The first-order chi connectivity index (χ1) is 20.3. The SMILES string of the molecule is c1ccc2cc(-c3ccc(-c4ccc5c6c7ccccc7ccc6c6nc7ccccc7n6c5c4)cc3)ccc2c1. The molecule has 0 spiro atoms. The van der Waals surface area contributed by atoms with Crippen LogP contribution in [0.2, 0.25) is 0 Å². The smallest absolute Gasteiger partial charge is 0.146 e. The van der Waals surface area contributed by atoms with Crippen LogP contribution in [0.15, 0.2) is 146 Å². The minimum Gasteiger partial charge on any atom is -0.292 e. The molecule has 0 amide bonds. The molecule has 0 atom stereocenters. The Morgan fingerprint density at radius 3 is 1.85 bits per heavy atom. The van der Waals surface area contributed by atoms with Crippen LogP contribution in [0.25, 0.3) is 82.2 Å². The van der Waals surface area contributed by atoms with Gasteiger partial charge < -0.3 is 0 Å². The average Bonchev–Trinajstić information content (AvgIpc) is 3.44. The summed E-state index contributed by atoms with van der Waals surface area (Å²) in [5, 5.41) is 8.72. The van der Waals surface area contributed by atoms with Crippen molar-refractivity contribution in [2.45, 2.75) is 0 Å². The van der Waals surface area contributed by atoms with E-state index >= 15 is 0 Å². The second kappa shape index (κ2) is 8.51. The fraction of sp³-hybridized carbons (Fsp3) is 0. The number of para-hydroxylation sites is 2. The highest BCUT2D eigenvalue weighted by molar-refractivity contribution is 6.24. The van der Waals surface area contributed by atoms with Gasteiger partial charge >= 0.3 is 0 Å². The van der Waals surface area contributed by atoms with E-state index in [1.807, 2.05) is 0 Å². The van der Waals surface area contributed by atoms with E-state index in [9.17, 15) is 0 Å². The monoisotopic (exact) mass is 520 g/mol. The van der Waals surface area contributed by atoms with Crippen molar-refractivity contribution >= 4 is 59.9 Å². The maximum Gasteiger partial charge on any atom is 0.146 e. The van der Waals surface area contributed by atoms with Gasteiger partial charge in [0, 0.05) is 16.2 Å². The van der Waals surface area contributed by atoms with Crippen LogP contribution in [0.4, 0.5) is 0 Å². The summed E-state index contributed by atoms with van der Waals surface area (Å²) in [5.74, 6) is 0. The first-order valence-electron chi connectivity index (χ1n) is 14.1. The average molecular weight is 521 g/mol. The number of benzene rings is 7. The Morgan fingerprint density at radius 1 is 0.390 bits per heavy atom. The molecule has 9 rings (SSSR count). The van der Waals surface area contributed by atoms with Gasteiger partial charge in [0.15, 0.2) is 0 Å². The lowest BCUT2D eigenvalue weighted by Crippen LogP contribution is -1.93. The molecule has 7 aromatic carbocycles. The third-order valence-electron chi connectivity index (χ3n) is 8.54. The number of hydrogen-bond donors (Lipinski definition) is 0. The van der Waals surface area contributed by atoms with Gasteiger partial charge in [-0.05, 0) is 74.1 Å². The van der Waals surface area contributed by atoms with E-state index in [0.29, 0.717) is 0 Å². The lowest BCUT2D eigenvalue weighted by molar-refractivity contribution is 1.32. The predicted molar refractivity (Wildman–Crippen MR) is 174 cm³/mol. The van der Waals surface area contributed by atoms with E-state index in [0.717, 1.165) is 16.7 Å². The van der Waals surface area contributed by atoms with Crippen molar-refractivity contribution in [1.82, 2.24) is 9.38 Å². The van der Waals surface area contributed by atoms with E-state index < -0.39 is 0 Å². The van der Waals surface area contributed by atoms with Crippen molar-refractivity contribution < 1.29 is 0 Å². The second-order valence-corrected chi connectivity index (χ2v) is 10.8. The topological polar surface area (TPSA) is 17.3 Å². The lowest BCUT2D eigenvalue weighted by atomic mass is 9.95. The molecule has 0 bridgehead atoms. The molecule has 190 valence electrons. The zero-order valence-corrected chi connectivity index (χ0v) is 22.3. The minimum atomic E-state index is 1.00. The molecule has 9 aromatic rings. The summed E-state index contributed by atoms with van der Waals surface area (Å²) in [6.45, 7) is 0. The first-order valence-corrected chi connectivity index (χ1v) is 14.1. The summed E-state index contributed by atoms with van der Waals surface area (Å²) in [6.07, 6.45) is 0. The van der Waals surface area contributed by atoms with Gasteiger partial charge in [-0.2, -0.15) is 0 Å². The maximum absolute atomic E-state index is 5.13. The Morgan fingerprint density at radius 2 is 1.00 bits per heavy atom. The third kappa shape index (κ3) is 3.34. The van der Waals surface area contributed by atoms with Crippen LogP contribution in [0.5, 0.6) is 0 Å². The number of rotatable bonds is 2. The fourth-order valence-corrected chi connectivity index (χ4v) is 6.53. The summed E-state index contributed by atoms with van der Waals surface area (Å²) in [5.41, 5.74) is 9.18. The van der Waals surface area contributed by atoms with E-state index in [2.05, 4.69) is 150 Å². The molecule has 2 heteroatoms. The normalized spacial score (nSPS) is 11.9. The molecule has 2 heterocycles. The van der Waals surface area contributed by atoms with Crippen molar-refractivity contribution in [3.63, 3.8) is 0 Å². The van der Waals surface area contributed by atoms with Crippen molar-refractivity contribution in [3.05, 3.63) is 146 Å². The van der Waals surface area contributed by atoms with Crippen molar-refractivity contribution in [2.24, 2.45) is 0 Å². The first kappa shape index (κ1) is 22.4. The highest BCUT2D eigenvalue weighted by Gasteiger charge is 2.16. The van der Waals surface area contributed by atoms with E-state index in [4.69, 9.17) is 4.98 Å². The van der Waals surface area contributed by atoms with Crippen molar-refractivity contribution in [3.8, 4) is 22.3 Å². The third-order valence-corrected chi connectivity index (χ3v) is 8.54. The van der Waals surface area contributed by atoms with Gasteiger partial charge in [0.05, 0.1) is 16.6 Å². The van der Waals surface area contributed by atoms with Gasteiger partial charge in [-0.15, -0.1) is 0 Å². The van der Waals surface area contributed by atoms with Crippen LogP contribution < -0.4 is 0 Å². The van der Waals surface area contributed by atoms with Crippen LogP contribution in [0, 0.1) is 0 Å².